The third-order valence-electron chi connectivity index (χ3n) is 4.76. The zero-order valence-corrected chi connectivity index (χ0v) is 17.2. The van der Waals surface area contributed by atoms with E-state index in [9.17, 15) is 9.59 Å². The minimum Gasteiger partial charge on any atom is -0.311 e. The molecule has 0 aromatic heterocycles. The number of nitrogens with zero attached hydrogens (tertiary/aromatic N) is 2. The number of para-hydroxylation sites is 1. The van der Waals surface area contributed by atoms with Crippen LogP contribution in [0.4, 0.5) is 11.4 Å². The second kappa shape index (κ2) is 8.85. The highest BCUT2D eigenvalue weighted by Crippen LogP contribution is 2.31. The Kier molecular flexibility index (Phi) is 6.78. The van der Waals surface area contributed by atoms with Gasteiger partial charge in [-0.1, -0.05) is 44.2 Å². The van der Waals surface area contributed by atoms with Gasteiger partial charge in [0.1, 0.15) is 6.54 Å². The average Bonchev–Trinajstić information content (AvgIpc) is 2.60. The maximum absolute atomic E-state index is 13.1. The molecule has 4 nitrogen and oxygen atoms in total. The molecule has 0 atom stereocenters. The molecule has 0 aliphatic heterocycles. The van der Waals surface area contributed by atoms with Crippen LogP contribution >= 0.6 is 0 Å². The summed E-state index contributed by atoms with van der Waals surface area (Å²) in [5.41, 5.74) is 4.90. The number of carbonyl (C=O) groups excluding carboxylic acids is 2. The first-order valence-corrected chi connectivity index (χ1v) is 9.50. The van der Waals surface area contributed by atoms with Gasteiger partial charge in [-0.25, -0.2) is 0 Å². The van der Waals surface area contributed by atoms with Crippen LogP contribution in [-0.4, -0.2) is 24.9 Å². The third kappa shape index (κ3) is 4.76. The first-order chi connectivity index (χ1) is 12.8. The van der Waals surface area contributed by atoms with E-state index in [1.807, 2.05) is 63.2 Å². The number of amides is 2. The monoisotopic (exact) mass is 366 g/mol. The van der Waals surface area contributed by atoms with E-state index in [4.69, 9.17) is 0 Å². The average molecular weight is 367 g/mol. The van der Waals surface area contributed by atoms with E-state index in [0.29, 0.717) is 6.54 Å². The van der Waals surface area contributed by atoms with Crippen molar-refractivity contribution in [2.24, 2.45) is 0 Å². The molecule has 0 unspecified atom stereocenters. The Labute approximate surface area is 162 Å². The minimum atomic E-state index is -0.125. The lowest BCUT2D eigenvalue weighted by molar-refractivity contribution is -0.121. The molecular weight excluding hydrogens is 336 g/mol. The van der Waals surface area contributed by atoms with Crippen LogP contribution in [0, 0.1) is 13.8 Å². The van der Waals surface area contributed by atoms with Crippen molar-refractivity contribution >= 4 is 23.2 Å². The summed E-state index contributed by atoms with van der Waals surface area (Å²) in [6, 6.07) is 13.9. The summed E-state index contributed by atoms with van der Waals surface area (Å²) in [6.45, 7) is 12.2. The van der Waals surface area contributed by atoms with Crippen molar-refractivity contribution in [2.75, 3.05) is 22.9 Å². The summed E-state index contributed by atoms with van der Waals surface area (Å²) in [5, 5.41) is 0. The molecule has 2 rings (SSSR count). The summed E-state index contributed by atoms with van der Waals surface area (Å²) in [6.07, 6.45) is 0. The summed E-state index contributed by atoms with van der Waals surface area (Å²) < 4.78 is 0. The van der Waals surface area contributed by atoms with Crippen LogP contribution in [0.2, 0.25) is 0 Å². The highest BCUT2D eigenvalue weighted by Gasteiger charge is 2.24. The largest absolute Gasteiger partial charge is 0.311 e. The lowest BCUT2D eigenvalue weighted by Crippen LogP contribution is -2.43. The van der Waals surface area contributed by atoms with Crippen LogP contribution in [0.1, 0.15) is 50.3 Å². The standard InChI is InChI=1S/C23H30N2O2/c1-7-24(20-12-8-10-17(4)14-20)22(27)15-25(19(6)26)23-18(5)11-9-13-21(23)16(2)3/h8-14,16H,7,15H2,1-6H3. The fourth-order valence-electron chi connectivity index (χ4n) is 3.38. The SMILES string of the molecule is CCN(C(=O)CN(C(C)=O)c1c(C)cccc1C(C)C)c1cccc(C)c1. The summed E-state index contributed by atoms with van der Waals surface area (Å²) in [5.74, 6) is 0.0482. The molecule has 2 aromatic carbocycles. The molecule has 0 fully saturated rings. The lowest BCUT2D eigenvalue weighted by atomic mass is 9.97. The van der Waals surface area contributed by atoms with Gasteiger partial charge in [-0.15, -0.1) is 0 Å². The van der Waals surface area contributed by atoms with E-state index in [1.54, 1.807) is 9.80 Å². The Hall–Kier alpha value is -2.62. The van der Waals surface area contributed by atoms with Gasteiger partial charge in [0.2, 0.25) is 11.8 Å². The van der Waals surface area contributed by atoms with Gasteiger partial charge in [0, 0.05) is 19.2 Å². The van der Waals surface area contributed by atoms with E-state index in [-0.39, 0.29) is 24.3 Å². The Bertz CT molecular complexity index is 827. The zero-order valence-electron chi connectivity index (χ0n) is 17.2. The van der Waals surface area contributed by atoms with Gasteiger partial charge in [-0.3, -0.25) is 9.59 Å². The molecule has 0 heterocycles. The Balaban J connectivity index is 2.39. The van der Waals surface area contributed by atoms with Crippen molar-refractivity contribution in [1.82, 2.24) is 0 Å². The molecule has 0 saturated carbocycles. The van der Waals surface area contributed by atoms with Crippen LogP contribution < -0.4 is 9.80 Å². The second-order valence-corrected chi connectivity index (χ2v) is 7.25. The molecular formula is C23H30N2O2. The van der Waals surface area contributed by atoms with Gasteiger partial charge in [0.05, 0.1) is 5.69 Å². The van der Waals surface area contributed by atoms with Gasteiger partial charge >= 0.3 is 0 Å². The highest BCUT2D eigenvalue weighted by molar-refractivity contribution is 6.03. The summed E-state index contributed by atoms with van der Waals surface area (Å²) >= 11 is 0. The number of likely N-dealkylation sites (N-methyl/N-ethyl adjacent to an activating group) is 1. The molecule has 0 aliphatic carbocycles. The van der Waals surface area contributed by atoms with Gasteiger partial charge in [0.15, 0.2) is 0 Å². The van der Waals surface area contributed by atoms with Crippen molar-refractivity contribution in [2.45, 2.75) is 47.5 Å². The quantitative estimate of drug-likeness (QED) is 0.734. The summed E-state index contributed by atoms with van der Waals surface area (Å²) in [7, 11) is 0. The molecule has 27 heavy (non-hydrogen) atoms. The Morgan fingerprint density at radius 2 is 1.67 bits per heavy atom. The molecule has 0 radical (unpaired) electrons. The molecule has 0 spiro atoms. The number of anilines is 2. The van der Waals surface area contributed by atoms with Crippen LogP contribution in [0.25, 0.3) is 0 Å². The van der Waals surface area contributed by atoms with Crippen molar-refractivity contribution in [1.29, 1.82) is 0 Å². The zero-order chi connectivity index (χ0) is 20.1. The topological polar surface area (TPSA) is 40.6 Å². The maximum atomic E-state index is 13.1. The van der Waals surface area contributed by atoms with Crippen molar-refractivity contribution < 1.29 is 9.59 Å². The molecule has 0 aliphatic rings. The fraction of sp³-hybridized carbons (Fsp3) is 0.391. The summed E-state index contributed by atoms with van der Waals surface area (Å²) in [4.78, 5) is 28.9. The molecule has 2 aromatic rings. The second-order valence-electron chi connectivity index (χ2n) is 7.25. The minimum absolute atomic E-state index is 0.0295. The number of benzene rings is 2. The van der Waals surface area contributed by atoms with E-state index >= 15 is 0 Å². The molecule has 4 heteroatoms. The van der Waals surface area contributed by atoms with Gasteiger partial charge in [-0.05, 0) is 55.5 Å². The normalized spacial score (nSPS) is 10.8. The van der Waals surface area contributed by atoms with Gasteiger partial charge in [0.25, 0.3) is 0 Å². The van der Waals surface area contributed by atoms with Crippen molar-refractivity contribution in [3.63, 3.8) is 0 Å². The third-order valence-corrected chi connectivity index (χ3v) is 4.76. The van der Waals surface area contributed by atoms with E-state index in [2.05, 4.69) is 13.8 Å². The number of hydrogen-bond acceptors (Lipinski definition) is 2. The van der Waals surface area contributed by atoms with Crippen LogP contribution in [-0.2, 0) is 9.59 Å². The molecule has 144 valence electrons. The van der Waals surface area contributed by atoms with Gasteiger partial charge in [-0.2, -0.15) is 0 Å². The molecule has 0 N–H and O–H groups in total. The van der Waals surface area contributed by atoms with Crippen LogP contribution in [0.5, 0.6) is 0 Å². The molecule has 2 amide bonds. The fourth-order valence-corrected chi connectivity index (χ4v) is 3.38. The van der Waals surface area contributed by atoms with Crippen LogP contribution in [0.15, 0.2) is 42.5 Å². The predicted molar refractivity (Wildman–Crippen MR) is 113 cm³/mol. The smallest absolute Gasteiger partial charge is 0.247 e. The van der Waals surface area contributed by atoms with Crippen LogP contribution in [0.3, 0.4) is 0 Å². The number of hydrogen-bond donors (Lipinski definition) is 0. The van der Waals surface area contributed by atoms with Gasteiger partial charge < -0.3 is 9.80 Å². The molecule has 0 saturated heterocycles. The lowest BCUT2D eigenvalue weighted by Gasteiger charge is -2.29. The number of carbonyl (C=O) groups is 2. The first kappa shape index (κ1) is 20.7. The number of rotatable bonds is 6. The Morgan fingerprint density at radius 1 is 1.00 bits per heavy atom. The van der Waals surface area contributed by atoms with E-state index in [1.165, 1.54) is 6.92 Å². The maximum Gasteiger partial charge on any atom is 0.247 e. The van der Waals surface area contributed by atoms with E-state index in [0.717, 1.165) is 28.1 Å². The first-order valence-electron chi connectivity index (χ1n) is 9.50. The van der Waals surface area contributed by atoms with Crippen molar-refractivity contribution in [3.8, 4) is 0 Å². The number of aryl methyl sites for hydroxylation is 2. The van der Waals surface area contributed by atoms with E-state index < -0.39 is 0 Å². The Morgan fingerprint density at radius 3 is 2.22 bits per heavy atom. The highest BCUT2D eigenvalue weighted by atomic mass is 16.2. The predicted octanol–water partition coefficient (Wildman–Crippen LogP) is 4.83. The van der Waals surface area contributed by atoms with Crippen molar-refractivity contribution in [3.05, 3.63) is 59.2 Å². The molecule has 0 bridgehead atoms.